The van der Waals surface area contributed by atoms with Gasteiger partial charge in [0.2, 0.25) is 11.8 Å². The van der Waals surface area contributed by atoms with Gasteiger partial charge in [0, 0.05) is 39.0 Å². The monoisotopic (exact) mass is 416 g/mol. The average Bonchev–Trinajstić information content (AvgIpc) is 2.71. The fourth-order valence-electron chi connectivity index (χ4n) is 8.35. The Balaban J connectivity index is 1.65. The molecule has 0 radical (unpaired) electrons. The fourth-order valence-corrected chi connectivity index (χ4v) is 8.35. The first kappa shape index (κ1) is 21.8. The van der Waals surface area contributed by atoms with Gasteiger partial charge in [-0.25, -0.2) is 0 Å². The first-order chi connectivity index (χ1) is 14.2. The van der Waals surface area contributed by atoms with Crippen molar-refractivity contribution in [3.8, 4) is 0 Å². The molecule has 4 rings (SSSR count). The molecule has 4 aliphatic rings. The Bertz CT molecular complexity index is 732. The zero-order valence-electron chi connectivity index (χ0n) is 19.6. The standard InChI is InChI=1S/C25H40N2O3/c1-6-27(7-2)23(30)22-19(28)10-9-17-16-8-11-20-24(3,15-13-21(29)26(20)5)18(16)12-14-25(17,22)4/h16-18,20,22H,6-15H2,1-5H3/t16-,17-,18-,20+,22-,24+,25-/m0/s1. The number of hydrogen-bond acceptors (Lipinski definition) is 3. The van der Waals surface area contributed by atoms with Crippen LogP contribution < -0.4 is 0 Å². The smallest absolute Gasteiger partial charge is 0.233 e. The molecular formula is C25H40N2O3. The van der Waals surface area contributed by atoms with E-state index >= 15 is 0 Å². The molecule has 0 spiro atoms. The Morgan fingerprint density at radius 2 is 1.63 bits per heavy atom. The van der Waals surface area contributed by atoms with Gasteiger partial charge in [0.05, 0.1) is 0 Å². The quantitative estimate of drug-likeness (QED) is 0.656. The van der Waals surface area contributed by atoms with Crippen LogP contribution in [0.2, 0.25) is 0 Å². The van der Waals surface area contributed by atoms with Gasteiger partial charge < -0.3 is 9.80 Å². The lowest BCUT2D eigenvalue weighted by molar-refractivity contribution is -0.176. The Hall–Kier alpha value is -1.39. The highest BCUT2D eigenvalue weighted by Gasteiger charge is 2.62. The van der Waals surface area contributed by atoms with Gasteiger partial charge in [0.15, 0.2) is 0 Å². The number of carbonyl (C=O) groups is 3. The van der Waals surface area contributed by atoms with Crippen LogP contribution in [0.15, 0.2) is 0 Å². The van der Waals surface area contributed by atoms with E-state index < -0.39 is 5.92 Å². The second kappa shape index (κ2) is 7.63. The summed E-state index contributed by atoms with van der Waals surface area (Å²) in [5, 5.41) is 0. The van der Waals surface area contributed by atoms with Crippen molar-refractivity contribution in [3.05, 3.63) is 0 Å². The normalized spacial score (nSPS) is 43.5. The van der Waals surface area contributed by atoms with Crippen molar-refractivity contribution >= 4 is 17.6 Å². The summed E-state index contributed by atoms with van der Waals surface area (Å²) in [5.41, 5.74) is -0.0392. The molecule has 1 saturated heterocycles. The molecule has 3 saturated carbocycles. The van der Waals surface area contributed by atoms with Crippen LogP contribution in [0.1, 0.15) is 79.1 Å². The van der Waals surface area contributed by atoms with Crippen LogP contribution in [0.5, 0.6) is 0 Å². The molecule has 168 valence electrons. The Morgan fingerprint density at radius 3 is 2.30 bits per heavy atom. The second-order valence-corrected chi connectivity index (χ2v) is 11.0. The van der Waals surface area contributed by atoms with Gasteiger partial charge in [-0.3, -0.25) is 14.4 Å². The highest BCUT2D eigenvalue weighted by atomic mass is 16.2. The highest BCUT2D eigenvalue weighted by Crippen LogP contribution is 2.64. The zero-order valence-corrected chi connectivity index (χ0v) is 19.6. The molecule has 2 amide bonds. The van der Waals surface area contributed by atoms with Crippen molar-refractivity contribution in [2.24, 2.45) is 34.5 Å². The third-order valence-electron chi connectivity index (χ3n) is 10.0. The van der Waals surface area contributed by atoms with Crippen molar-refractivity contribution in [2.45, 2.75) is 85.1 Å². The van der Waals surface area contributed by atoms with Crippen molar-refractivity contribution in [2.75, 3.05) is 20.1 Å². The van der Waals surface area contributed by atoms with E-state index in [1.165, 1.54) is 0 Å². The van der Waals surface area contributed by atoms with E-state index in [1.54, 1.807) is 0 Å². The van der Waals surface area contributed by atoms with E-state index in [1.807, 2.05) is 30.7 Å². The fraction of sp³-hybridized carbons (Fsp3) is 0.880. The minimum Gasteiger partial charge on any atom is -0.343 e. The van der Waals surface area contributed by atoms with Gasteiger partial charge in [-0.15, -0.1) is 0 Å². The summed E-state index contributed by atoms with van der Waals surface area (Å²) >= 11 is 0. The number of amides is 2. The van der Waals surface area contributed by atoms with Gasteiger partial charge >= 0.3 is 0 Å². The molecule has 1 heterocycles. The lowest BCUT2D eigenvalue weighted by atomic mass is 9.43. The minimum absolute atomic E-state index is 0.0681. The van der Waals surface area contributed by atoms with E-state index in [-0.39, 0.29) is 22.5 Å². The topological polar surface area (TPSA) is 57.7 Å². The minimum atomic E-state index is -0.460. The lowest BCUT2D eigenvalue weighted by Gasteiger charge is -2.64. The predicted molar refractivity (Wildman–Crippen MR) is 117 cm³/mol. The summed E-state index contributed by atoms with van der Waals surface area (Å²) in [6.07, 6.45) is 7.39. The van der Waals surface area contributed by atoms with Crippen LogP contribution >= 0.6 is 0 Å². The van der Waals surface area contributed by atoms with Gasteiger partial charge in [0.1, 0.15) is 11.7 Å². The summed E-state index contributed by atoms with van der Waals surface area (Å²) < 4.78 is 0. The maximum absolute atomic E-state index is 13.4. The maximum Gasteiger partial charge on any atom is 0.233 e. The average molecular weight is 417 g/mol. The number of carbonyl (C=O) groups excluding carboxylic acids is 3. The lowest BCUT2D eigenvalue weighted by Crippen LogP contribution is -2.64. The number of hydrogen-bond donors (Lipinski definition) is 0. The van der Waals surface area contributed by atoms with E-state index in [0.29, 0.717) is 55.6 Å². The van der Waals surface area contributed by atoms with Gasteiger partial charge in [0.25, 0.3) is 0 Å². The number of likely N-dealkylation sites (tertiary alicyclic amines) is 1. The van der Waals surface area contributed by atoms with Gasteiger partial charge in [-0.1, -0.05) is 13.8 Å². The molecule has 0 aromatic rings. The van der Waals surface area contributed by atoms with Crippen molar-refractivity contribution in [1.29, 1.82) is 0 Å². The molecule has 7 atom stereocenters. The highest BCUT2D eigenvalue weighted by molar-refractivity contribution is 6.02. The van der Waals surface area contributed by atoms with E-state index in [4.69, 9.17) is 0 Å². The third kappa shape index (κ3) is 2.97. The molecule has 0 unspecified atom stereocenters. The Labute approximate surface area is 181 Å². The first-order valence-corrected chi connectivity index (χ1v) is 12.3. The molecule has 3 aliphatic carbocycles. The third-order valence-corrected chi connectivity index (χ3v) is 10.0. The van der Waals surface area contributed by atoms with E-state index in [2.05, 4.69) is 13.8 Å². The molecule has 4 fully saturated rings. The molecule has 0 aromatic carbocycles. The molecule has 0 bridgehead atoms. The number of Topliss-reactive ketones (excluding diaryl/α,β-unsaturated/α-hetero) is 1. The number of fused-ring (bicyclic) bond motifs is 5. The van der Waals surface area contributed by atoms with Crippen molar-refractivity contribution in [1.82, 2.24) is 9.80 Å². The summed E-state index contributed by atoms with van der Waals surface area (Å²) in [6, 6.07) is 0.350. The first-order valence-electron chi connectivity index (χ1n) is 12.3. The van der Waals surface area contributed by atoms with Crippen LogP contribution in [-0.2, 0) is 14.4 Å². The summed E-state index contributed by atoms with van der Waals surface area (Å²) in [6.45, 7) is 10.0. The van der Waals surface area contributed by atoms with E-state index in [0.717, 1.165) is 38.5 Å². The molecule has 5 nitrogen and oxygen atoms in total. The molecule has 1 aliphatic heterocycles. The summed E-state index contributed by atoms with van der Waals surface area (Å²) in [7, 11) is 2.00. The van der Waals surface area contributed by atoms with Gasteiger partial charge in [-0.05, 0) is 81.0 Å². The number of piperidine rings is 1. The van der Waals surface area contributed by atoms with Gasteiger partial charge in [-0.2, -0.15) is 0 Å². The van der Waals surface area contributed by atoms with Crippen molar-refractivity contribution < 1.29 is 14.4 Å². The summed E-state index contributed by atoms with van der Waals surface area (Å²) in [4.78, 5) is 42.7. The maximum atomic E-state index is 13.4. The van der Waals surface area contributed by atoms with Crippen LogP contribution in [0.25, 0.3) is 0 Å². The van der Waals surface area contributed by atoms with Crippen LogP contribution in [0.3, 0.4) is 0 Å². The van der Waals surface area contributed by atoms with Crippen LogP contribution in [-0.4, -0.2) is 53.6 Å². The largest absolute Gasteiger partial charge is 0.343 e. The SMILES string of the molecule is CCN(CC)C(=O)[C@@H]1C(=O)CC[C@H]2[C@@H]3CC[C@H]4N(C)C(=O)CC[C@]4(C)[C@H]3CC[C@]12C. The Kier molecular flexibility index (Phi) is 5.55. The van der Waals surface area contributed by atoms with Crippen molar-refractivity contribution in [3.63, 3.8) is 0 Å². The second-order valence-electron chi connectivity index (χ2n) is 11.0. The van der Waals surface area contributed by atoms with Crippen LogP contribution in [0.4, 0.5) is 0 Å². The number of rotatable bonds is 3. The van der Waals surface area contributed by atoms with Crippen LogP contribution in [0, 0.1) is 34.5 Å². The summed E-state index contributed by atoms with van der Waals surface area (Å²) in [5.74, 6) is 1.70. The predicted octanol–water partition coefficient (Wildman–Crippen LogP) is 3.90. The molecular weight excluding hydrogens is 376 g/mol. The number of ketones is 1. The zero-order chi connectivity index (χ0) is 21.8. The Morgan fingerprint density at radius 1 is 0.967 bits per heavy atom. The molecule has 30 heavy (non-hydrogen) atoms. The molecule has 0 N–H and O–H groups in total. The van der Waals surface area contributed by atoms with E-state index in [9.17, 15) is 14.4 Å². The molecule has 0 aromatic heterocycles. The molecule has 5 heteroatoms. The number of nitrogens with zero attached hydrogens (tertiary/aromatic N) is 2.